The Kier molecular flexibility index (Phi) is 5.80. The van der Waals surface area contributed by atoms with Crippen LogP contribution >= 0.6 is 11.5 Å². The lowest BCUT2D eigenvalue weighted by Gasteiger charge is -2.26. The van der Waals surface area contributed by atoms with Crippen molar-refractivity contribution in [1.29, 1.82) is 0 Å². The maximum Gasteiger partial charge on any atom is 0.205 e. The molecule has 3 heterocycles. The summed E-state index contributed by atoms with van der Waals surface area (Å²) >= 11 is 1.52. The lowest BCUT2D eigenvalue weighted by molar-refractivity contribution is 0.212. The molecule has 136 valence electrons. The molecule has 0 spiro atoms. The summed E-state index contributed by atoms with van der Waals surface area (Å²) in [4.78, 5) is 18.1. The van der Waals surface area contributed by atoms with Gasteiger partial charge in [0.1, 0.15) is 17.5 Å². The normalized spacial score (nSPS) is 18.8. The Labute approximate surface area is 153 Å². The van der Waals surface area contributed by atoms with Crippen molar-refractivity contribution in [2.75, 3.05) is 30.8 Å². The van der Waals surface area contributed by atoms with Crippen molar-refractivity contribution in [3.05, 3.63) is 23.9 Å². The number of rotatable bonds is 5. The standard InChI is InChI=1S/C17H27N7S/c1-12(2)16-21-17(25-22-16)24-9-4-5-13(7-10-24)23(3)11-15-19-8-6-14(18)20-15/h6,8,12-13H,4-5,7,9-11H2,1-3H3,(H2,18,19,20). The average molecular weight is 362 g/mol. The van der Waals surface area contributed by atoms with Crippen molar-refractivity contribution in [2.45, 2.75) is 51.6 Å². The summed E-state index contributed by atoms with van der Waals surface area (Å²) in [6, 6.07) is 2.24. The van der Waals surface area contributed by atoms with Gasteiger partial charge in [0.15, 0.2) is 0 Å². The second-order valence-corrected chi connectivity index (χ2v) is 7.70. The minimum atomic E-state index is 0.383. The van der Waals surface area contributed by atoms with Gasteiger partial charge in [0.05, 0.1) is 6.54 Å². The Morgan fingerprint density at radius 3 is 2.88 bits per heavy atom. The molecule has 1 aliphatic heterocycles. The zero-order chi connectivity index (χ0) is 17.8. The molecule has 7 nitrogen and oxygen atoms in total. The first kappa shape index (κ1) is 18.0. The smallest absolute Gasteiger partial charge is 0.205 e. The lowest BCUT2D eigenvalue weighted by atomic mass is 10.1. The second-order valence-electron chi connectivity index (χ2n) is 6.97. The number of nitrogens with two attached hydrogens (primary N) is 1. The number of hydrogen-bond donors (Lipinski definition) is 1. The molecule has 2 N–H and O–H groups in total. The SMILES string of the molecule is CC(C)c1nsc(N2CCCC(N(C)Cc3nccc(N)n3)CC2)n1. The van der Waals surface area contributed by atoms with E-state index in [1.807, 2.05) is 0 Å². The van der Waals surface area contributed by atoms with Gasteiger partial charge in [-0.15, -0.1) is 0 Å². The molecule has 1 saturated heterocycles. The van der Waals surface area contributed by atoms with Crippen LogP contribution < -0.4 is 10.6 Å². The summed E-state index contributed by atoms with van der Waals surface area (Å²) in [5.41, 5.74) is 5.76. The molecule has 2 aromatic rings. The summed E-state index contributed by atoms with van der Waals surface area (Å²) in [7, 11) is 2.15. The Bertz CT molecular complexity index is 687. The van der Waals surface area contributed by atoms with E-state index in [2.05, 4.69) is 45.0 Å². The number of hydrogen-bond acceptors (Lipinski definition) is 8. The van der Waals surface area contributed by atoms with Gasteiger partial charge in [0.2, 0.25) is 5.13 Å². The molecule has 1 aliphatic rings. The summed E-state index contributed by atoms with van der Waals surface area (Å²) in [5, 5.41) is 1.06. The van der Waals surface area contributed by atoms with Crippen molar-refractivity contribution < 1.29 is 0 Å². The van der Waals surface area contributed by atoms with E-state index in [9.17, 15) is 0 Å². The van der Waals surface area contributed by atoms with E-state index in [1.165, 1.54) is 18.0 Å². The second kappa shape index (κ2) is 8.05. The minimum Gasteiger partial charge on any atom is -0.384 e. The van der Waals surface area contributed by atoms with E-state index in [0.29, 0.717) is 17.8 Å². The van der Waals surface area contributed by atoms with Gasteiger partial charge in [0.25, 0.3) is 0 Å². The highest BCUT2D eigenvalue weighted by Crippen LogP contribution is 2.25. The minimum absolute atomic E-state index is 0.383. The number of nitrogen functional groups attached to an aromatic ring is 1. The number of nitrogens with zero attached hydrogens (tertiary/aromatic N) is 6. The van der Waals surface area contributed by atoms with Gasteiger partial charge in [-0.3, -0.25) is 4.90 Å². The molecular weight excluding hydrogens is 334 g/mol. The van der Waals surface area contributed by atoms with Crippen LogP contribution in [-0.4, -0.2) is 50.4 Å². The average Bonchev–Trinajstić information content (AvgIpc) is 2.93. The largest absolute Gasteiger partial charge is 0.384 e. The Balaban J connectivity index is 1.58. The fourth-order valence-electron chi connectivity index (χ4n) is 3.14. The first-order valence-electron chi connectivity index (χ1n) is 8.89. The van der Waals surface area contributed by atoms with Crippen LogP contribution in [0.4, 0.5) is 10.9 Å². The van der Waals surface area contributed by atoms with E-state index in [4.69, 9.17) is 10.7 Å². The molecular formula is C17H27N7S. The maximum atomic E-state index is 5.76. The van der Waals surface area contributed by atoms with Crippen molar-refractivity contribution >= 4 is 22.5 Å². The zero-order valence-corrected chi connectivity index (χ0v) is 16.0. The summed E-state index contributed by atoms with van der Waals surface area (Å²) in [5.74, 6) is 2.66. The van der Waals surface area contributed by atoms with Crippen LogP contribution in [0.2, 0.25) is 0 Å². The van der Waals surface area contributed by atoms with Crippen LogP contribution in [0.15, 0.2) is 12.3 Å². The Morgan fingerprint density at radius 2 is 2.16 bits per heavy atom. The third-order valence-corrected chi connectivity index (χ3v) is 5.45. The third kappa shape index (κ3) is 4.64. The molecule has 0 bridgehead atoms. The quantitative estimate of drug-likeness (QED) is 0.876. The third-order valence-electron chi connectivity index (χ3n) is 4.66. The van der Waals surface area contributed by atoms with Crippen molar-refractivity contribution in [3.8, 4) is 0 Å². The van der Waals surface area contributed by atoms with Gasteiger partial charge in [-0.1, -0.05) is 13.8 Å². The number of aromatic nitrogens is 4. The lowest BCUT2D eigenvalue weighted by Crippen LogP contribution is -2.33. The van der Waals surface area contributed by atoms with Gasteiger partial charge in [-0.25, -0.2) is 15.0 Å². The van der Waals surface area contributed by atoms with Crippen LogP contribution in [0.3, 0.4) is 0 Å². The molecule has 1 unspecified atom stereocenters. The van der Waals surface area contributed by atoms with Crippen LogP contribution in [-0.2, 0) is 6.54 Å². The predicted octanol–water partition coefficient (Wildman–Crippen LogP) is 2.52. The fourth-order valence-corrected chi connectivity index (χ4v) is 4.00. The first-order valence-corrected chi connectivity index (χ1v) is 9.66. The van der Waals surface area contributed by atoms with Gasteiger partial charge < -0.3 is 10.6 Å². The monoisotopic (exact) mass is 361 g/mol. The van der Waals surface area contributed by atoms with Crippen LogP contribution in [0.5, 0.6) is 0 Å². The van der Waals surface area contributed by atoms with Gasteiger partial charge in [-0.05, 0) is 32.4 Å². The van der Waals surface area contributed by atoms with Gasteiger partial charge >= 0.3 is 0 Å². The fraction of sp³-hybridized carbons (Fsp3) is 0.647. The van der Waals surface area contributed by atoms with Crippen molar-refractivity contribution in [2.24, 2.45) is 0 Å². The van der Waals surface area contributed by atoms with Crippen molar-refractivity contribution in [1.82, 2.24) is 24.2 Å². The van der Waals surface area contributed by atoms with E-state index in [1.54, 1.807) is 12.3 Å². The molecule has 25 heavy (non-hydrogen) atoms. The zero-order valence-electron chi connectivity index (χ0n) is 15.2. The molecule has 0 aromatic carbocycles. The van der Waals surface area contributed by atoms with E-state index >= 15 is 0 Å². The summed E-state index contributed by atoms with van der Waals surface area (Å²) < 4.78 is 4.49. The van der Waals surface area contributed by atoms with Crippen LogP contribution in [0.25, 0.3) is 0 Å². The predicted molar refractivity (Wildman–Crippen MR) is 102 cm³/mol. The highest BCUT2D eigenvalue weighted by Gasteiger charge is 2.23. The van der Waals surface area contributed by atoms with E-state index < -0.39 is 0 Å². The highest BCUT2D eigenvalue weighted by atomic mass is 32.1. The first-order chi connectivity index (χ1) is 12.0. The molecule has 3 rings (SSSR count). The molecule has 0 amide bonds. The molecule has 2 aromatic heterocycles. The molecule has 1 fully saturated rings. The molecule has 0 aliphatic carbocycles. The highest BCUT2D eigenvalue weighted by molar-refractivity contribution is 7.09. The van der Waals surface area contributed by atoms with Crippen LogP contribution in [0, 0.1) is 0 Å². The Hall–Kier alpha value is -1.80. The van der Waals surface area contributed by atoms with Gasteiger partial charge in [-0.2, -0.15) is 4.37 Å². The van der Waals surface area contributed by atoms with E-state index in [0.717, 1.165) is 49.3 Å². The maximum absolute atomic E-state index is 5.76. The number of anilines is 2. The summed E-state index contributed by atoms with van der Waals surface area (Å²) in [6.07, 6.45) is 5.16. The molecule has 8 heteroatoms. The van der Waals surface area contributed by atoms with E-state index in [-0.39, 0.29) is 0 Å². The van der Waals surface area contributed by atoms with Gasteiger partial charge in [0, 0.05) is 42.8 Å². The van der Waals surface area contributed by atoms with Crippen LogP contribution in [0.1, 0.15) is 50.7 Å². The molecule has 1 atom stereocenters. The van der Waals surface area contributed by atoms with Crippen molar-refractivity contribution in [3.63, 3.8) is 0 Å². The Morgan fingerprint density at radius 1 is 1.32 bits per heavy atom. The summed E-state index contributed by atoms with van der Waals surface area (Å²) in [6.45, 7) is 7.06. The topological polar surface area (TPSA) is 84.1 Å². The molecule has 0 radical (unpaired) electrons. The molecule has 0 saturated carbocycles.